The number of aryl methyl sites for hydroxylation is 2. The van der Waals surface area contributed by atoms with Gasteiger partial charge in [0.1, 0.15) is 22.1 Å². The highest BCUT2D eigenvalue weighted by molar-refractivity contribution is 8.01. The summed E-state index contributed by atoms with van der Waals surface area (Å²) in [4.78, 5) is 24.7. The van der Waals surface area contributed by atoms with E-state index in [1.54, 1.807) is 11.7 Å². The predicted molar refractivity (Wildman–Crippen MR) is 82.2 cm³/mol. The Balaban J connectivity index is 1.84. The van der Waals surface area contributed by atoms with Gasteiger partial charge in [-0.2, -0.15) is 0 Å². The molecule has 1 saturated heterocycles. The third-order valence-corrected chi connectivity index (χ3v) is 6.29. The number of thioether (sulfide) groups is 2. The zero-order chi connectivity index (χ0) is 16.0. The van der Waals surface area contributed by atoms with E-state index in [2.05, 4.69) is 10.3 Å². The van der Waals surface area contributed by atoms with Gasteiger partial charge in [-0.05, 0) is 12.5 Å². The van der Waals surface area contributed by atoms with Crippen molar-refractivity contribution in [2.45, 2.75) is 23.4 Å². The summed E-state index contributed by atoms with van der Waals surface area (Å²) in [6.45, 7) is 1.85. The Morgan fingerprint density at radius 3 is 2.91 bits per heavy atom. The van der Waals surface area contributed by atoms with Gasteiger partial charge in [0.2, 0.25) is 5.91 Å². The molecule has 3 heterocycles. The van der Waals surface area contributed by atoms with Gasteiger partial charge in [-0.3, -0.25) is 9.69 Å². The van der Waals surface area contributed by atoms with Crippen molar-refractivity contribution in [2.75, 3.05) is 11.5 Å². The number of carboxylic acid groups (broad SMARTS) is 1. The Hall–Kier alpha value is -1.52. The van der Waals surface area contributed by atoms with Gasteiger partial charge in [-0.15, -0.1) is 28.6 Å². The van der Waals surface area contributed by atoms with Crippen LogP contribution in [-0.4, -0.2) is 59.8 Å². The molecule has 2 aliphatic heterocycles. The SMILES string of the molecule is Cc1nnn(C)c1SCC1=C(C(=O)O)N2C(=O)C(N)[C@H]2SC1. The molecule has 22 heavy (non-hydrogen) atoms. The van der Waals surface area contributed by atoms with Crippen LogP contribution in [0.4, 0.5) is 0 Å². The molecule has 0 bridgehead atoms. The third-order valence-electron chi connectivity index (χ3n) is 3.61. The van der Waals surface area contributed by atoms with Gasteiger partial charge >= 0.3 is 5.97 Å². The van der Waals surface area contributed by atoms with Crippen LogP contribution in [0, 0.1) is 6.92 Å². The normalized spacial score (nSPS) is 24.3. The second kappa shape index (κ2) is 5.60. The standard InChI is InChI=1S/C12H15N5O3S2/c1-5-10(16(2)15-14-5)21-3-6-4-22-11-7(13)9(18)17(11)8(6)12(19)20/h7,11H,3-4,13H2,1-2H3,(H,19,20)/t7?,11-/m1/s1. The third kappa shape index (κ3) is 2.31. The number of nitrogens with two attached hydrogens (primary N) is 1. The smallest absolute Gasteiger partial charge is 0.352 e. The summed E-state index contributed by atoms with van der Waals surface area (Å²) in [6, 6.07) is -0.600. The second-order valence-corrected chi connectivity index (χ2v) is 7.15. The lowest BCUT2D eigenvalue weighted by molar-refractivity contribution is -0.147. The van der Waals surface area contributed by atoms with Gasteiger partial charge in [0.25, 0.3) is 0 Å². The van der Waals surface area contributed by atoms with Crippen molar-refractivity contribution < 1.29 is 14.7 Å². The summed E-state index contributed by atoms with van der Waals surface area (Å²) < 4.78 is 1.66. The van der Waals surface area contributed by atoms with Crippen molar-refractivity contribution in [1.29, 1.82) is 0 Å². The number of rotatable bonds is 4. The number of nitrogens with zero attached hydrogens (tertiary/aromatic N) is 4. The lowest BCUT2D eigenvalue weighted by Gasteiger charge is -2.48. The summed E-state index contributed by atoms with van der Waals surface area (Å²) in [7, 11) is 1.79. The Morgan fingerprint density at radius 1 is 1.59 bits per heavy atom. The van der Waals surface area contributed by atoms with Crippen LogP contribution in [0.2, 0.25) is 0 Å². The number of hydrogen-bond acceptors (Lipinski definition) is 7. The molecule has 1 fully saturated rings. The van der Waals surface area contributed by atoms with Crippen molar-refractivity contribution in [3.63, 3.8) is 0 Å². The van der Waals surface area contributed by atoms with E-state index in [-0.39, 0.29) is 17.0 Å². The van der Waals surface area contributed by atoms with Crippen LogP contribution < -0.4 is 5.73 Å². The number of β-lactam (4-membered cyclic amide) rings is 1. The van der Waals surface area contributed by atoms with Crippen LogP contribution in [0.15, 0.2) is 16.3 Å². The molecule has 0 saturated carbocycles. The Bertz CT molecular complexity index is 667. The molecule has 118 valence electrons. The molecule has 0 spiro atoms. The topological polar surface area (TPSA) is 114 Å². The number of aliphatic carboxylic acids is 1. The van der Waals surface area contributed by atoms with E-state index >= 15 is 0 Å². The average Bonchev–Trinajstić information content (AvgIpc) is 2.82. The van der Waals surface area contributed by atoms with Crippen LogP contribution in [-0.2, 0) is 16.6 Å². The van der Waals surface area contributed by atoms with Crippen molar-refractivity contribution in [3.8, 4) is 0 Å². The number of hydrogen-bond donors (Lipinski definition) is 2. The van der Waals surface area contributed by atoms with Gasteiger partial charge in [-0.25, -0.2) is 9.48 Å². The van der Waals surface area contributed by atoms with E-state index in [1.807, 2.05) is 6.92 Å². The van der Waals surface area contributed by atoms with Crippen molar-refractivity contribution in [2.24, 2.45) is 12.8 Å². The number of carbonyl (C=O) groups is 2. The quantitative estimate of drug-likeness (QED) is 0.571. The minimum Gasteiger partial charge on any atom is -0.477 e. The first kappa shape index (κ1) is 15.4. The van der Waals surface area contributed by atoms with Crippen molar-refractivity contribution in [3.05, 3.63) is 17.0 Å². The molecule has 1 unspecified atom stereocenters. The van der Waals surface area contributed by atoms with E-state index in [0.29, 0.717) is 11.5 Å². The van der Waals surface area contributed by atoms with Crippen LogP contribution >= 0.6 is 23.5 Å². The van der Waals surface area contributed by atoms with E-state index in [4.69, 9.17) is 5.73 Å². The van der Waals surface area contributed by atoms with Crippen LogP contribution in [0.1, 0.15) is 5.69 Å². The lowest BCUT2D eigenvalue weighted by atomic mass is 10.0. The molecule has 2 aliphatic rings. The molecule has 3 N–H and O–H groups in total. The predicted octanol–water partition coefficient (Wildman–Crippen LogP) is -0.203. The summed E-state index contributed by atoms with van der Waals surface area (Å²) in [6.07, 6.45) is 0. The number of fused-ring (bicyclic) bond motifs is 1. The lowest BCUT2D eigenvalue weighted by Crippen LogP contribution is -2.68. The number of carboxylic acids is 1. The van der Waals surface area contributed by atoms with Crippen LogP contribution in [0.5, 0.6) is 0 Å². The summed E-state index contributed by atoms with van der Waals surface area (Å²) in [5.41, 5.74) is 7.32. The van der Waals surface area contributed by atoms with Crippen molar-refractivity contribution in [1.82, 2.24) is 19.9 Å². The van der Waals surface area contributed by atoms with Gasteiger partial charge in [0.05, 0.1) is 5.69 Å². The van der Waals surface area contributed by atoms with Crippen LogP contribution in [0.25, 0.3) is 0 Å². The number of carbonyl (C=O) groups excluding carboxylic acids is 1. The highest BCUT2D eigenvalue weighted by Gasteiger charge is 2.51. The van der Waals surface area contributed by atoms with Crippen molar-refractivity contribution >= 4 is 35.4 Å². The van der Waals surface area contributed by atoms with E-state index in [0.717, 1.165) is 16.3 Å². The molecular weight excluding hydrogens is 326 g/mol. The summed E-state index contributed by atoms with van der Waals surface area (Å²) in [5, 5.41) is 18.0. The maximum atomic E-state index is 11.9. The maximum absolute atomic E-state index is 11.9. The zero-order valence-corrected chi connectivity index (χ0v) is 13.6. The van der Waals surface area contributed by atoms with Gasteiger partial charge in [0.15, 0.2) is 0 Å². The zero-order valence-electron chi connectivity index (χ0n) is 12.0. The maximum Gasteiger partial charge on any atom is 0.352 e. The monoisotopic (exact) mass is 341 g/mol. The second-order valence-electron chi connectivity index (χ2n) is 5.09. The first-order valence-electron chi connectivity index (χ1n) is 6.56. The molecule has 1 aromatic rings. The van der Waals surface area contributed by atoms with Gasteiger partial charge < -0.3 is 10.8 Å². The molecule has 2 atom stereocenters. The highest BCUT2D eigenvalue weighted by atomic mass is 32.2. The fourth-order valence-corrected chi connectivity index (χ4v) is 4.94. The molecule has 0 aromatic carbocycles. The number of amides is 1. The fourth-order valence-electron chi connectivity index (χ4n) is 2.50. The Labute approximate surface area is 135 Å². The summed E-state index contributed by atoms with van der Waals surface area (Å²) >= 11 is 2.98. The molecular formula is C12H15N5O3S2. The van der Waals surface area contributed by atoms with Gasteiger partial charge in [0, 0.05) is 18.6 Å². The molecule has 10 heteroatoms. The fraction of sp³-hybridized carbons (Fsp3) is 0.500. The molecule has 0 aliphatic carbocycles. The summed E-state index contributed by atoms with van der Waals surface area (Å²) in [5.74, 6) is -0.375. The largest absolute Gasteiger partial charge is 0.477 e. The Morgan fingerprint density at radius 2 is 2.32 bits per heavy atom. The van der Waals surface area contributed by atoms with E-state index in [9.17, 15) is 14.7 Å². The molecule has 0 radical (unpaired) electrons. The minimum absolute atomic E-state index is 0.0794. The highest BCUT2D eigenvalue weighted by Crippen LogP contribution is 2.40. The first-order chi connectivity index (χ1) is 10.4. The minimum atomic E-state index is -1.08. The molecule has 3 rings (SSSR count). The van der Waals surface area contributed by atoms with Crippen LogP contribution in [0.3, 0.4) is 0 Å². The first-order valence-corrected chi connectivity index (χ1v) is 8.60. The molecule has 1 aromatic heterocycles. The molecule has 1 amide bonds. The number of aromatic nitrogens is 3. The van der Waals surface area contributed by atoms with Gasteiger partial charge in [-0.1, -0.05) is 5.21 Å². The van der Waals surface area contributed by atoms with E-state index in [1.165, 1.54) is 28.4 Å². The van der Waals surface area contributed by atoms with E-state index < -0.39 is 12.0 Å². The Kier molecular flexibility index (Phi) is 3.91. The molecule has 8 nitrogen and oxygen atoms in total. The average molecular weight is 341 g/mol.